The molecule has 2 aromatic carbocycles. The van der Waals surface area contributed by atoms with Crippen LogP contribution >= 0.6 is 11.3 Å². The molecule has 0 aliphatic rings. The number of aryl methyl sites for hydroxylation is 1. The van der Waals surface area contributed by atoms with E-state index in [1.54, 1.807) is 11.3 Å². The topological polar surface area (TPSA) is 26.0 Å². The maximum atomic E-state index is 6.08. The summed E-state index contributed by atoms with van der Waals surface area (Å²) in [6.07, 6.45) is 0. The van der Waals surface area contributed by atoms with E-state index in [1.165, 1.54) is 20.5 Å². The van der Waals surface area contributed by atoms with E-state index in [2.05, 4.69) is 49.4 Å². The van der Waals surface area contributed by atoms with Gasteiger partial charge in [0.15, 0.2) is 0 Å². The first kappa shape index (κ1) is 10.4. The molecule has 0 amide bonds. The van der Waals surface area contributed by atoms with Crippen LogP contribution in [0, 0.1) is 6.92 Å². The van der Waals surface area contributed by atoms with Gasteiger partial charge in [-0.1, -0.05) is 30.3 Å². The lowest BCUT2D eigenvalue weighted by molar-refractivity contribution is 1.48. The highest BCUT2D eigenvalue weighted by molar-refractivity contribution is 7.22. The zero-order valence-electron chi connectivity index (χ0n) is 9.60. The molecule has 84 valence electrons. The summed E-state index contributed by atoms with van der Waals surface area (Å²) in [5, 5.41) is 1.28. The molecular formula is C15H13NS. The summed E-state index contributed by atoms with van der Waals surface area (Å²) in [5.74, 6) is 0. The molecule has 0 aliphatic carbocycles. The molecule has 0 fully saturated rings. The number of thiophene rings is 1. The zero-order valence-corrected chi connectivity index (χ0v) is 10.4. The van der Waals surface area contributed by atoms with Gasteiger partial charge >= 0.3 is 0 Å². The van der Waals surface area contributed by atoms with E-state index in [0.29, 0.717) is 0 Å². The predicted octanol–water partition coefficient (Wildman–Crippen LogP) is 4.46. The molecule has 1 heterocycles. The average Bonchev–Trinajstić information content (AvgIpc) is 2.72. The molecule has 0 saturated heterocycles. The molecule has 1 aromatic heterocycles. The Morgan fingerprint density at radius 2 is 1.82 bits per heavy atom. The number of anilines is 1. The third-order valence-corrected chi connectivity index (χ3v) is 4.05. The Hall–Kier alpha value is -1.80. The van der Waals surface area contributed by atoms with Gasteiger partial charge in [0.1, 0.15) is 0 Å². The Balaban J connectivity index is 2.20. The Morgan fingerprint density at radius 1 is 1.00 bits per heavy atom. The van der Waals surface area contributed by atoms with Crippen LogP contribution in [0.2, 0.25) is 0 Å². The van der Waals surface area contributed by atoms with Crippen molar-refractivity contribution < 1.29 is 0 Å². The number of nitrogen functional groups attached to an aromatic ring is 1. The van der Waals surface area contributed by atoms with Gasteiger partial charge in [-0.25, -0.2) is 0 Å². The largest absolute Gasteiger partial charge is 0.398 e. The molecule has 0 spiro atoms. The van der Waals surface area contributed by atoms with Crippen molar-refractivity contribution in [3.63, 3.8) is 0 Å². The fourth-order valence-corrected chi connectivity index (χ4v) is 3.13. The number of benzene rings is 2. The van der Waals surface area contributed by atoms with Crippen molar-refractivity contribution in [1.29, 1.82) is 0 Å². The first-order valence-electron chi connectivity index (χ1n) is 5.59. The van der Waals surface area contributed by atoms with E-state index in [4.69, 9.17) is 5.73 Å². The third kappa shape index (κ3) is 1.81. The molecule has 1 nitrogen and oxygen atoms in total. The summed E-state index contributed by atoms with van der Waals surface area (Å²) in [6.45, 7) is 2.06. The predicted molar refractivity (Wildman–Crippen MR) is 76.4 cm³/mol. The fraction of sp³-hybridized carbons (Fsp3) is 0.0667. The second-order valence-corrected chi connectivity index (χ2v) is 5.32. The van der Waals surface area contributed by atoms with E-state index in [9.17, 15) is 0 Å². The monoisotopic (exact) mass is 239 g/mol. The van der Waals surface area contributed by atoms with Crippen LogP contribution in [0.1, 0.15) is 5.56 Å². The summed E-state index contributed by atoms with van der Waals surface area (Å²) in [4.78, 5) is 1.24. The second-order valence-electron chi connectivity index (χ2n) is 4.24. The van der Waals surface area contributed by atoms with E-state index in [0.717, 1.165) is 11.3 Å². The fourth-order valence-electron chi connectivity index (χ4n) is 2.02. The lowest BCUT2D eigenvalue weighted by atomic mass is 10.1. The van der Waals surface area contributed by atoms with Gasteiger partial charge in [-0.3, -0.25) is 0 Å². The molecule has 0 atom stereocenters. The number of hydrogen-bond donors (Lipinski definition) is 1. The van der Waals surface area contributed by atoms with E-state index in [1.807, 2.05) is 6.07 Å². The van der Waals surface area contributed by atoms with Gasteiger partial charge in [0.05, 0.1) is 0 Å². The molecular weight excluding hydrogens is 226 g/mol. The molecule has 0 unspecified atom stereocenters. The van der Waals surface area contributed by atoms with E-state index >= 15 is 0 Å². The smallest absolute Gasteiger partial charge is 0.0404 e. The van der Waals surface area contributed by atoms with E-state index in [-0.39, 0.29) is 0 Å². The molecule has 0 saturated carbocycles. The molecule has 0 radical (unpaired) electrons. The van der Waals surface area contributed by atoms with Gasteiger partial charge in [0.25, 0.3) is 0 Å². The van der Waals surface area contributed by atoms with Crippen LogP contribution in [0.4, 0.5) is 5.69 Å². The normalized spacial score (nSPS) is 10.9. The first-order chi connectivity index (χ1) is 8.24. The van der Waals surface area contributed by atoms with Gasteiger partial charge < -0.3 is 5.73 Å². The Morgan fingerprint density at radius 3 is 2.59 bits per heavy atom. The molecule has 2 N–H and O–H groups in total. The minimum Gasteiger partial charge on any atom is -0.398 e. The van der Waals surface area contributed by atoms with Crippen LogP contribution < -0.4 is 5.73 Å². The number of fused-ring (bicyclic) bond motifs is 1. The van der Waals surface area contributed by atoms with Crippen LogP contribution in [0.15, 0.2) is 48.5 Å². The summed E-state index contributed by atoms with van der Waals surface area (Å²) in [6, 6.07) is 16.9. The first-order valence-corrected chi connectivity index (χ1v) is 6.41. The van der Waals surface area contributed by atoms with Crippen molar-refractivity contribution in [2.45, 2.75) is 6.92 Å². The van der Waals surface area contributed by atoms with Gasteiger partial charge in [0, 0.05) is 20.8 Å². The zero-order chi connectivity index (χ0) is 11.8. The Labute approximate surface area is 105 Å². The van der Waals surface area contributed by atoms with Crippen molar-refractivity contribution in [2.24, 2.45) is 0 Å². The highest BCUT2D eigenvalue weighted by Gasteiger charge is 2.06. The number of hydrogen-bond acceptors (Lipinski definition) is 2. The lowest BCUT2D eigenvalue weighted by Crippen LogP contribution is -1.88. The lowest BCUT2D eigenvalue weighted by Gasteiger charge is -2.03. The van der Waals surface area contributed by atoms with Crippen molar-refractivity contribution in [2.75, 3.05) is 5.73 Å². The highest BCUT2D eigenvalue weighted by atomic mass is 32.1. The van der Waals surface area contributed by atoms with Gasteiger partial charge in [-0.15, -0.1) is 11.3 Å². The summed E-state index contributed by atoms with van der Waals surface area (Å²) < 4.78 is 1.31. The molecule has 3 rings (SSSR count). The summed E-state index contributed by atoms with van der Waals surface area (Å²) in [7, 11) is 0. The van der Waals surface area contributed by atoms with Crippen LogP contribution in [0.25, 0.3) is 20.5 Å². The van der Waals surface area contributed by atoms with Crippen molar-refractivity contribution in [1.82, 2.24) is 0 Å². The van der Waals surface area contributed by atoms with Crippen LogP contribution in [-0.2, 0) is 0 Å². The van der Waals surface area contributed by atoms with Crippen LogP contribution in [0.5, 0.6) is 0 Å². The Kier molecular flexibility index (Phi) is 2.37. The minimum absolute atomic E-state index is 0.858. The van der Waals surface area contributed by atoms with Gasteiger partial charge in [0.2, 0.25) is 0 Å². The SMILES string of the molecule is Cc1ccc(-c2cc3ccccc3s2)c(N)c1. The molecule has 17 heavy (non-hydrogen) atoms. The third-order valence-electron chi connectivity index (χ3n) is 2.90. The number of rotatable bonds is 1. The summed E-state index contributed by atoms with van der Waals surface area (Å²) >= 11 is 1.79. The van der Waals surface area contributed by atoms with Crippen molar-refractivity contribution in [3.05, 3.63) is 54.1 Å². The maximum Gasteiger partial charge on any atom is 0.0404 e. The summed E-state index contributed by atoms with van der Waals surface area (Å²) in [5.41, 5.74) is 9.28. The average molecular weight is 239 g/mol. The highest BCUT2D eigenvalue weighted by Crippen LogP contribution is 2.36. The minimum atomic E-state index is 0.858. The van der Waals surface area contributed by atoms with Crippen LogP contribution in [0.3, 0.4) is 0 Å². The second kappa shape index (κ2) is 3.90. The standard InChI is InChI=1S/C15H13NS/c1-10-6-7-12(13(16)8-10)15-9-11-4-2-3-5-14(11)17-15/h2-9H,16H2,1H3. The maximum absolute atomic E-state index is 6.08. The van der Waals surface area contributed by atoms with Gasteiger partial charge in [-0.05, 0) is 36.1 Å². The van der Waals surface area contributed by atoms with E-state index < -0.39 is 0 Å². The Bertz CT molecular complexity index is 649. The molecule has 2 heteroatoms. The quantitative estimate of drug-likeness (QED) is 0.623. The molecule has 3 aromatic rings. The van der Waals surface area contributed by atoms with Crippen molar-refractivity contribution in [3.8, 4) is 10.4 Å². The molecule has 0 aliphatic heterocycles. The number of nitrogens with two attached hydrogens (primary N) is 1. The van der Waals surface area contributed by atoms with Crippen molar-refractivity contribution >= 4 is 27.1 Å². The molecule has 0 bridgehead atoms. The van der Waals surface area contributed by atoms with Crippen LogP contribution in [-0.4, -0.2) is 0 Å². The van der Waals surface area contributed by atoms with Gasteiger partial charge in [-0.2, -0.15) is 0 Å².